The van der Waals surface area contributed by atoms with Crippen molar-refractivity contribution in [1.82, 2.24) is 19.9 Å². The maximum Gasteiger partial charge on any atom is 0.182 e. The Balaban J connectivity index is 2.11. The fraction of sp³-hybridized carbons (Fsp3) is 0.267. The topological polar surface area (TPSA) is 83.7 Å². The minimum absolute atomic E-state index is 0.638. The summed E-state index contributed by atoms with van der Waals surface area (Å²) >= 11 is 0. The third-order valence-corrected chi connectivity index (χ3v) is 3.45. The number of nitrogens with one attached hydrogen (secondary N) is 1. The Hall–Kier alpha value is -2.47. The summed E-state index contributed by atoms with van der Waals surface area (Å²) in [6.07, 6.45) is 4.07. The second-order valence-electron chi connectivity index (χ2n) is 4.88. The highest BCUT2D eigenvalue weighted by molar-refractivity contribution is 5.86. The van der Waals surface area contributed by atoms with Crippen molar-refractivity contribution in [3.05, 3.63) is 42.5 Å². The molecule has 2 aromatic heterocycles. The van der Waals surface area contributed by atoms with E-state index in [0.717, 1.165) is 30.0 Å². The number of para-hydroxylation sites is 1. The molecule has 6 nitrogen and oxygen atoms in total. The van der Waals surface area contributed by atoms with E-state index < -0.39 is 0 Å². The summed E-state index contributed by atoms with van der Waals surface area (Å²) in [4.78, 5) is 18.1. The molecule has 108 valence electrons. The summed E-state index contributed by atoms with van der Waals surface area (Å²) < 4.78 is 0. The van der Waals surface area contributed by atoms with Crippen molar-refractivity contribution in [2.45, 2.75) is 13.3 Å². The fourth-order valence-electron chi connectivity index (χ4n) is 2.41. The number of rotatable bonds is 5. The van der Waals surface area contributed by atoms with Crippen LogP contribution in [0.15, 0.2) is 36.9 Å². The number of imidazole rings is 1. The highest BCUT2D eigenvalue weighted by atomic mass is 15.2. The van der Waals surface area contributed by atoms with Gasteiger partial charge in [-0.15, -0.1) is 0 Å². The molecule has 0 fully saturated rings. The summed E-state index contributed by atoms with van der Waals surface area (Å²) in [5, 5.41) is 0. The predicted octanol–water partition coefficient (Wildman–Crippen LogP) is 2.15. The van der Waals surface area contributed by atoms with E-state index in [1.807, 2.05) is 12.1 Å². The molecule has 0 saturated heterocycles. The van der Waals surface area contributed by atoms with Gasteiger partial charge in [-0.2, -0.15) is 0 Å². The molecule has 3 aromatic rings. The number of benzene rings is 1. The Morgan fingerprint density at radius 1 is 1.19 bits per heavy atom. The zero-order chi connectivity index (χ0) is 14.7. The first kappa shape index (κ1) is 13.5. The lowest BCUT2D eigenvalue weighted by Crippen LogP contribution is -2.23. The van der Waals surface area contributed by atoms with Gasteiger partial charge in [-0.25, -0.2) is 15.0 Å². The molecule has 21 heavy (non-hydrogen) atoms. The van der Waals surface area contributed by atoms with E-state index in [9.17, 15) is 0 Å². The molecule has 0 amide bonds. The molecule has 0 saturated carbocycles. The highest BCUT2D eigenvalue weighted by Gasteiger charge is 2.16. The first-order valence-corrected chi connectivity index (χ1v) is 6.98. The van der Waals surface area contributed by atoms with Crippen LogP contribution in [0.5, 0.6) is 0 Å². The Labute approximate surface area is 123 Å². The summed E-state index contributed by atoms with van der Waals surface area (Å²) in [5.41, 5.74) is 9.52. The standard InChI is InChI=1S/C15H18N6/c1-11-5-2-3-6-12(11)21(8-4-7-16)15-13-14(18-9-17-13)19-10-20-15/h2-3,5-6,9-10H,4,7-8,16H2,1H3,(H,17,18,19,20). The van der Waals surface area contributed by atoms with Crippen LogP contribution in [0, 0.1) is 6.92 Å². The van der Waals surface area contributed by atoms with E-state index in [4.69, 9.17) is 5.73 Å². The second kappa shape index (κ2) is 5.88. The number of hydrogen-bond donors (Lipinski definition) is 2. The average Bonchev–Trinajstić information content (AvgIpc) is 2.98. The Morgan fingerprint density at radius 2 is 2.05 bits per heavy atom. The van der Waals surface area contributed by atoms with Crippen molar-refractivity contribution in [3.8, 4) is 0 Å². The van der Waals surface area contributed by atoms with Crippen molar-refractivity contribution in [1.29, 1.82) is 0 Å². The van der Waals surface area contributed by atoms with Gasteiger partial charge in [-0.1, -0.05) is 18.2 Å². The van der Waals surface area contributed by atoms with Crippen LogP contribution in [0.3, 0.4) is 0 Å². The van der Waals surface area contributed by atoms with Gasteiger partial charge in [-0.3, -0.25) is 0 Å². The zero-order valence-corrected chi connectivity index (χ0v) is 12.0. The molecule has 0 aliphatic carbocycles. The molecule has 6 heteroatoms. The van der Waals surface area contributed by atoms with Crippen LogP contribution >= 0.6 is 0 Å². The number of nitrogens with two attached hydrogens (primary N) is 1. The molecule has 0 atom stereocenters. The molecule has 3 rings (SSSR count). The monoisotopic (exact) mass is 282 g/mol. The molecule has 0 aliphatic heterocycles. The lowest BCUT2D eigenvalue weighted by molar-refractivity contribution is 0.809. The van der Waals surface area contributed by atoms with Crippen molar-refractivity contribution >= 4 is 22.7 Å². The molecular formula is C15H18N6. The molecule has 0 spiro atoms. The lowest BCUT2D eigenvalue weighted by Gasteiger charge is -2.25. The molecule has 1 aromatic carbocycles. The van der Waals surface area contributed by atoms with E-state index in [-0.39, 0.29) is 0 Å². The summed E-state index contributed by atoms with van der Waals surface area (Å²) in [6.45, 7) is 3.53. The normalized spacial score (nSPS) is 11.0. The number of fused-ring (bicyclic) bond motifs is 1. The van der Waals surface area contributed by atoms with E-state index in [1.165, 1.54) is 5.56 Å². The number of anilines is 2. The van der Waals surface area contributed by atoms with Gasteiger partial charge in [0.05, 0.1) is 6.33 Å². The van der Waals surface area contributed by atoms with Gasteiger partial charge in [0.2, 0.25) is 0 Å². The van der Waals surface area contributed by atoms with Crippen LogP contribution in [-0.2, 0) is 0 Å². The Bertz CT molecular complexity index is 736. The molecule has 0 unspecified atom stereocenters. The maximum absolute atomic E-state index is 5.68. The summed E-state index contributed by atoms with van der Waals surface area (Å²) in [7, 11) is 0. The second-order valence-corrected chi connectivity index (χ2v) is 4.88. The van der Waals surface area contributed by atoms with Crippen LogP contribution in [0.2, 0.25) is 0 Å². The van der Waals surface area contributed by atoms with Crippen LogP contribution < -0.4 is 10.6 Å². The van der Waals surface area contributed by atoms with Crippen molar-refractivity contribution in [2.75, 3.05) is 18.0 Å². The number of hydrogen-bond acceptors (Lipinski definition) is 5. The van der Waals surface area contributed by atoms with Gasteiger partial charge in [0.1, 0.15) is 11.8 Å². The van der Waals surface area contributed by atoms with Gasteiger partial charge < -0.3 is 15.6 Å². The molecular weight excluding hydrogens is 264 g/mol. The third kappa shape index (κ3) is 2.57. The van der Waals surface area contributed by atoms with E-state index in [2.05, 4.69) is 43.9 Å². The predicted molar refractivity (Wildman–Crippen MR) is 83.5 cm³/mol. The van der Waals surface area contributed by atoms with Gasteiger partial charge in [0.15, 0.2) is 11.5 Å². The van der Waals surface area contributed by atoms with Gasteiger partial charge >= 0.3 is 0 Å². The van der Waals surface area contributed by atoms with Crippen molar-refractivity contribution in [2.24, 2.45) is 5.73 Å². The summed E-state index contributed by atoms with van der Waals surface area (Å²) in [5.74, 6) is 0.834. The lowest BCUT2D eigenvalue weighted by atomic mass is 10.1. The van der Waals surface area contributed by atoms with Crippen LogP contribution in [-0.4, -0.2) is 33.0 Å². The zero-order valence-electron chi connectivity index (χ0n) is 12.0. The molecule has 2 heterocycles. The van der Waals surface area contributed by atoms with Gasteiger partial charge in [0, 0.05) is 12.2 Å². The van der Waals surface area contributed by atoms with E-state index in [1.54, 1.807) is 12.7 Å². The molecule has 0 radical (unpaired) electrons. The van der Waals surface area contributed by atoms with Crippen LogP contribution in [0.1, 0.15) is 12.0 Å². The number of aromatic nitrogens is 4. The van der Waals surface area contributed by atoms with Crippen LogP contribution in [0.25, 0.3) is 11.2 Å². The molecule has 0 aliphatic rings. The molecule has 3 N–H and O–H groups in total. The summed E-state index contributed by atoms with van der Waals surface area (Å²) in [6, 6.07) is 8.25. The fourth-order valence-corrected chi connectivity index (χ4v) is 2.41. The number of aryl methyl sites for hydroxylation is 1. The van der Waals surface area contributed by atoms with Gasteiger partial charge in [-0.05, 0) is 31.5 Å². The number of H-pyrrole nitrogens is 1. The van der Waals surface area contributed by atoms with Crippen LogP contribution in [0.4, 0.5) is 11.5 Å². The van der Waals surface area contributed by atoms with E-state index >= 15 is 0 Å². The first-order chi connectivity index (χ1) is 10.3. The average molecular weight is 282 g/mol. The molecule has 0 bridgehead atoms. The number of nitrogens with zero attached hydrogens (tertiary/aromatic N) is 4. The highest BCUT2D eigenvalue weighted by Crippen LogP contribution is 2.30. The van der Waals surface area contributed by atoms with E-state index in [0.29, 0.717) is 12.2 Å². The van der Waals surface area contributed by atoms with Gasteiger partial charge in [0.25, 0.3) is 0 Å². The number of aromatic amines is 1. The Kier molecular flexibility index (Phi) is 3.79. The third-order valence-electron chi connectivity index (χ3n) is 3.45. The quantitative estimate of drug-likeness (QED) is 0.749. The SMILES string of the molecule is Cc1ccccc1N(CCCN)c1ncnc2nc[nH]c12. The van der Waals surface area contributed by atoms with Crippen molar-refractivity contribution < 1.29 is 0 Å². The minimum Gasteiger partial charge on any atom is -0.340 e. The minimum atomic E-state index is 0.638. The smallest absolute Gasteiger partial charge is 0.182 e. The first-order valence-electron chi connectivity index (χ1n) is 6.98. The largest absolute Gasteiger partial charge is 0.340 e. The van der Waals surface area contributed by atoms with Crippen molar-refractivity contribution in [3.63, 3.8) is 0 Å². The Morgan fingerprint density at radius 3 is 2.86 bits per heavy atom. The maximum atomic E-state index is 5.68.